The standard InChI is InChI=1S/C11H12ClN3O/c1-11(2,3)10-14-7-5-13-4-6(12)8(7)9(16)15-10/h4-5H,1-3H3,(H,14,15,16). The predicted molar refractivity (Wildman–Crippen MR) is 63.9 cm³/mol. The zero-order valence-corrected chi connectivity index (χ0v) is 10.1. The maximum absolute atomic E-state index is 11.9. The zero-order chi connectivity index (χ0) is 11.9. The Bertz CT molecular complexity index is 598. The van der Waals surface area contributed by atoms with Crippen molar-refractivity contribution in [3.05, 3.63) is 33.6 Å². The van der Waals surface area contributed by atoms with Crippen molar-refractivity contribution in [1.29, 1.82) is 0 Å². The first-order valence-electron chi connectivity index (χ1n) is 4.93. The van der Waals surface area contributed by atoms with Crippen LogP contribution in [0.25, 0.3) is 10.9 Å². The number of H-pyrrole nitrogens is 1. The van der Waals surface area contributed by atoms with Gasteiger partial charge in [-0.25, -0.2) is 4.98 Å². The molecular formula is C11H12ClN3O. The minimum Gasteiger partial charge on any atom is -0.310 e. The largest absolute Gasteiger partial charge is 0.310 e. The number of hydrogen-bond donors (Lipinski definition) is 1. The Balaban J connectivity index is 2.85. The van der Waals surface area contributed by atoms with Gasteiger partial charge in [0.15, 0.2) is 0 Å². The van der Waals surface area contributed by atoms with Crippen LogP contribution in [0.4, 0.5) is 0 Å². The molecule has 2 aromatic rings. The fourth-order valence-electron chi connectivity index (χ4n) is 1.41. The molecule has 0 spiro atoms. The van der Waals surface area contributed by atoms with E-state index in [1.54, 1.807) is 6.20 Å². The van der Waals surface area contributed by atoms with Gasteiger partial charge in [0.25, 0.3) is 5.56 Å². The van der Waals surface area contributed by atoms with Crippen molar-refractivity contribution in [3.8, 4) is 0 Å². The SMILES string of the molecule is CC(C)(C)c1nc2cncc(Cl)c2c(=O)[nH]1. The van der Waals surface area contributed by atoms with E-state index in [2.05, 4.69) is 15.0 Å². The lowest BCUT2D eigenvalue weighted by atomic mass is 9.95. The second-order valence-electron chi connectivity index (χ2n) is 4.68. The van der Waals surface area contributed by atoms with Crippen LogP contribution < -0.4 is 5.56 Å². The molecule has 0 saturated carbocycles. The summed E-state index contributed by atoms with van der Waals surface area (Å²) in [6, 6.07) is 0. The Morgan fingerprint density at radius 2 is 2.00 bits per heavy atom. The Labute approximate surface area is 97.7 Å². The molecule has 0 unspecified atom stereocenters. The van der Waals surface area contributed by atoms with Crippen molar-refractivity contribution in [3.63, 3.8) is 0 Å². The van der Waals surface area contributed by atoms with E-state index < -0.39 is 0 Å². The lowest BCUT2D eigenvalue weighted by Crippen LogP contribution is -2.22. The van der Waals surface area contributed by atoms with Crippen LogP contribution in [0.2, 0.25) is 5.02 Å². The van der Waals surface area contributed by atoms with E-state index in [1.807, 2.05) is 20.8 Å². The first kappa shape index (κ1) is 11.1. The molecule has 0 radical (unpaired) electrons. The summed E-state index contributed by atoms with van der Waals surface area (Å²) in [6.45, 7) is 5.94. The predicted octanol–water partition coefficient (Wildman–Crippen LogP) is 2.27. The molecule has 0 aliphatic heterocycles. The number of nitrogens with one attached hydrogen (secondary N) is 1. The fraction of sp³-hybridized carbons (Fsp3) is 0.364. The molecular weight excluding hydrogens is 226 g/mol. The van der Waals surface area contributed by atoms with Gasteiger partial charge in [-0.05, 0) is 0 Å². The molecule has 0 saturated heterocycles. The molecule has 0 aliphatic carbocycles. The van der Waals surface area contributed by atoms with Gasteiger partial charge in [0.1, 0.15) is 5.82 Å². The molecule has 16 heavy (non-hydrogen) atoms. The van der Waals surface area contributed by atoms with Crippen molar-refractivity contribution in [1.82, 2.24) is 15.0 Å². The molecule has 0 aromatic carbocycles. The molecule has 0 atom stereocenters. The van der Waals surface area contributed by atoms with E-state index in [9.17, 15) is 4.79 Å². The highest BCUT2D eigenvalue weighted by Crippen LogP contribution is 2.21. The number of rotatable bonds is 0. The van der Waals surface area contributed by atoms with Crippen LogP contribution >= 0.6 is 11.6 Å². The summed E-state index contributed by atoms with van der Waals surface area (Å²) in [5.74, 6) is 0.633. The van der Waals surface area contributed by atoms with Gasteiger partial charge in [0, 0.05) is 11.6 Å². The average molecular weight is 238 g/mol. The second-order valence-corrected chi connectivity index (χ2v) is 5.09. The Morgan fingerprint density at radius 1 is 1.31 bits per heavy atom. The summed E-state index contributed by atoms with van der Waals surface area (Å²) >= 11 is 5.91. The highest BCUT2D eigenvalue weighted by atomic mass is 35.5. The van der Waals surface area contributed by atoms with Gasteiger partial charge in [-0.1, -0.05) is 32.4 Å². The molecule has 1 N–H and O–H groups in total. The molecule has 4 nitrogen and oxygen atoms in total. The van der Waals surface area contributed by atoms with Crippen LogP contribution in [0.15, 0.2) is 17.2 Å². The third-order valence-electron chi connectivity index (χ3n) is 2.28. The van der Waals surface area contributed by atoms with Gasteiger partial charge in [0.05, 0.1) is 22.1 Å². The van der Waals surface area contributed by atoms with Crippen LogP contribution in [-0.2, 0) is 5.41 Å². The summed E-state index contributed by atoms with van der Waals surface area (Å²) in [5.41, 5.74) is 0.0962. The molecule has 0 aliphatic rings. The summed E-state index contributed by atoms with van der Waals surface area (Å²) < 4.78 is 0. The van der Waals surface area contributed by atoms with Crippen LogP contribution in [-0.4, -0.2) is 15.0 Å². The van der Waals surface area contributed by atoms with Gasteiger partial charge in [-0.2, -0.15) is 0 Å². The van der Waals surface area contributed by atoms with Crippen LogP contribution in [0.3, 0.4) is 0 Å². The number of nitrogens with zero attached hydrogens (tertiary/aromatic N) is 2. The van der Waals surface area contributed by atoms with Crippen molar-refractivity contribution >= 4 is 22.5 Å². The van der Waals surface area contributed by atoms with E-state index in [0.717, 1.165) is 0 Å². The average Bonchev–Trinajstić information content (AvgIpc) is 2.15. The van der Waals surface area contributed by atoms with Gasteiger partial charge >= 0.3 is 0 Å². The molecule has 0 fully saturated rings. The normalized spacial score (nSPS) is 12.0. The molecule has 84 valence electrons. The van der Waals surface area contributed by atoms with Crippen molar-refractivity contribution < 1.29 is 0 Å². The van der Waals surface area contributed by atoms with Gasteiger partial charge in [-0.15, -0.1) is 0 Å². The molecule has 0 amide bonds. The van der Waals surface area contributed by atoms with E-state index in [0.29, 0.717) is 21.7 Å². The Hall–Kier alpha value is -1.42. The molecule has 2 rings (SSSR count). The first-order chi connectivity index (χ1) is 7.39. The van der Waals surface area contributed by atoms with Crippen LogP contribution in [0, 0.1) is 0 Å². The monoisotopic (exact) mass is 237 g/mol. The van der Waals surface area contributed by atoms with Crippen molar-refractivity contribution in [2.75, 3.05) is 0 Å². The van der Waals surface area contributed by atoms with Crippen LogP contribution in [0.5, 0.6) is 0 Å². The highest BCUT2D eigenvalue weighted by molar-refractivity contribution is 6.35. The molecule has 0 bridgehead atoms. The number of halogens is 1. The van der Waals surface area contributed by atoms with E-state index >= 15 is 0 Å². The Kier molecular flexibility index (Phi) is 2.46. The quantitative estimate of drug-likeness (QED) is 0.765. The first-order valence-corrected chi connectivity index (χ1v) is 5.31. The number of fused-ring (bicyclic) bond motifs is 1. The van der Waals surface area contributed by atoms with Gasteiger partial charge < -0.3 is 4.98 Å². The maximum atomic E-state index is 11.9. The lowest BCUT2D eigenvalue weighted by molar-refractivity contribution is 0.546. The Morgan fingerprint density at radius 3 is 2.62 bits per heavy atom. The van der Waals surface area contributed by atoms with Crippen LogP contribution in [0.1, 0.15) is 26.6 Å². The highest BCUT2D eigenvalue weighted by Gasteiger charge is 2.18. The fourth-order valence-corrected chi connectivity index (χ4v) is 1.65. The van der Waals surface area contributed by atoms with Gasteiger partial charge in [-0.3, -0.25) is 9.78 Å². The maximum Gasteiger partial charge on any atom is 0.260 e. The third kappa shape index (κ3) is 1.80. The van der Waals surface area contributed by atoms with E-state index in [-0.39, 0.29) is 11.0 Å². The zero-order valence-electron chi connectivity index (χ0n) is 9.34. The van der Waals surface area contributed by atoms with Crippen molar-refractivity contribution in [2.24, 2.45) is 0 Å². The van der Waals surface area contributed by atoms with Gasteiger partial charge in [0.2, 0.25) is 0 Å². The second kappa shape index (κ2) is 3.56. The lowest BCUT2D eigenvalue weighted by Gasteiger charge is -2.17. The van der Waals surface area contributed by atoms with E-state index in [4.69, 9.17) is 11.6 Å². The summed E-state index contributed by atoms with van der Waals surface area (Å²) in [6.07, 6.45) is 2.99. The van der Waals surface area contributed by atoms with Crippen molar-refractivity contribution in [2.45, 2.75) is 26.2 Å². The topological polar surface area (TPSA) is 58.6 Å². The number of hydrogen-bond acceptors (Lipinski definition) is 3. The number of aromatic nitrogens is 3. The number of pyridine rings is 1. The molecule has 5 heteroatoms. The number of aromatic amines is 1. The summed E-state index contributed by atoms with van der Waals surface area (Å²) in [4.78, 5) is 22.9. The summed E-state index contributed by atoms with van der Waals surface area (Å²) in [7, 11) is 0. The molecule has 2 heterocycles. The van der Waals surface area contributed by atoms with E-state index in [1.165, 1.54) is 6.20 Å². The summed E-state index contributed by atoms with van der Waals surface area (Å²) in [5, 5.41) is 0.719. The molecule has 2 aromatic heterocycles. The third-order valence-corrected chi connectivity index (χ3v) is 2.57. The minimum absolute atomic E-state index is 0.213. The minimum atomic E-state index is -0.220. The smallest absolute Gasteiger partial charge is 0.260 e.